The smallest absolute Gasteiger partial charge is 0.143 e. The van der Waals surface area contributed by atoms with E-state index in [1.165, 1.54) is 32.7 Å². The first-order valence-electron chi connectivity index (χ1n) is 21.8. The highest BCUT2D eigenvalue weighted by atomic mass is 16.3. The van der Waals surface area contributed by atoms with Gasteiger partial charge in [-0.1, -0.05) is 146 Å². The van der Waals surface area contributed by atoms with E-state index in [9.17, 15) is 0 Å². The van der Waals surface area contributed by atoms with Crippen molar-refractivity contribution in [2.45, 2.75) is 0 Å². The standard InChI is InChI=1S/C60H36N2O2/c1-3-13-41(14-4-1)61-53-31-27-37(33-51(53)45-29-25-39(35-55(45)61)43-19-11-21-49-47-17-7-9-23-57(47)63-59(43)49)38-28-32-54-52(34-38)46-30-26-40(36-56(46)62(54)42-15-5-2-6-16-42)44-20-12-22-50-48-18-8-10-24-58(48)64-60(44)50/h1-36H. The van der Waals surface area contributed by atoms with Gasteiger partial charge in [0, 0.05) is 65.6 Å². The molecule has 0 aliphatic carbocycles. The molecule has 0 aliphatic heterocycles. The zero-order valence-corrected chi connectivity index (χ0v) is 34.5. The fourth-order valence-electron chi connectivity index (χ4n) is 10.4. The molecule has 0 saturated carbocycles. The Bertz CT molecular complexity index is 3910. The highest BCUT2D eigenvalue weighted by Gasteiger charge is 2.20. The SMILES string of the molecule is c1ccc(-n2c3ccc(-c4ccc5c(c4)c4ccc(-c6cccc7c6oc6ccccc67)cc4n5-c4ccccc4)cc3c3ccc(-c4cccc5c4oc4ccccc45)cc32)cc1. The van der Waals surface area contributed by atoms with Gasteiger partial charge in [-0.15, -0.1) is 0 Å². The zero-order chi connectivity index (χ0) is 41.9. The molecule has 0 spiro atoms. The highest BCUT2D eigenvalue weighted by molar-refractivity contribution is 6.16. The van der Waals surface area contributed by atoms with E-state index in [1.54, 1.807) is 0 Å². The third kappa shape index (κ3) is 5.11. The molecule has 0 unspecified atom stereocenters. The molecule has 4 heteroatoms. The van der Waals surface area contributed by atoms with E-state index in [0.717, 1.165) is 99.6 Å². The summed E-state index contributed by atoms with van der Waals surface area (Å²) in [5.41, 5.74) is 17.3. The number of rotatable bonds is 5. The van der Waals surface area contributed by atoms with Gasteiger partial charge in [0.15, 0.2) is 0 Å². The van der Waals surface area contributed by atoms with E-state index < -0.39 is 0 Å². The van der Waals surface area contributed by atoms with Crippen LogP contribution in [-0.2, 0) is 0 Å². The average Bonchev–Trinajstić information content (AvgIpc) is 4.11. The van der Waals surface area contributed by atoms with Crippen LogP contribution >= 0.6 is 0 Å². The van der Waals surface area contributed by atoms with Crippen LogP contribution in [0.3, 0.4) is 0 Å². The minimum Gasteiger partial charge on any atom is -0.455 e. The Morgan fingerprint density at radius 3 is 1.12 bits per heavy atom. The second-order valence-electron chi connectivity index (χ2n) is 16.8. The zero-order valence-electron chi connectivity index (χ0n) is 34.5. The number of aromatic nitrogens is 2. The lowest BCUT2D eigenvalue weighted by Gasteiger charge is -2.10. The largest absolute Gasteiger partial charge is 0.455 e. The maximum atomic E-state index is 6.51. The van der Waals surface area contributed by atoms with Gasteiger partial charge >= 0.3 is 0 Å². The molecular formula is C60H36N2O2. The van der Waals surface area contributed by atoms with Crippen LogP contribution in [0.4, 0.5) is 0 Å². The molecule has 0 saturated heterocycles. The Labute approximate surface area is 367 Å². The van der Waals surface area contributed by atoms with E-state index in [2.05, 4.69) is 203 Å². The van der Waals surface area contributed by atoms with Gasteiger partial charge in [0.1, 0.15) is 22.3 Å². The normalized spacial score (nSPS) is 12.1. The summed E-state index contributed by atoms with van der Waals surface area (Å²) in [6, 6.07) is 78.5. The summed E-state index contributed by atoms with van der Waals surface area (Å²) >= 11 is 0. The van der Waals surface area contributed by atoms with Crippen LogP contribution in [0.25, 0.3) is 132 Å². The number of fused-ring (bicyclic) bond motifs is 12. The highest BCUT2D eigenvalue weighted by Crippen LogP contribution is 2.43. The van der Waals surface area contributed by atoms with Crippen molar-refractivity contribution in [3.8, 4) is 44.8 Å². The summed E-state index contributed by atoms with van der Waals surface area (Å²) in [6.07, 6.45) is 0. The summed E-state index contributed by atoms with van der Waals surface area (Å²) in [5, 5.41) is 9.36. The molecule has 298 valence electrons. The van der Waals surface area contributed by atoms with E-state index in [0.29, 0.717) is 0 Å². The lowest BCUT2D eigenvalue weighted by molar-refractivity contribution is 0.669. The van der Waals surface area contributed by atoms with Gasteiger partial charge in [0.05, 0.1) is 22.1 Å². The predicted octanol–water partition coefficient (Wildman–Crippen LogP) is 16.7. The Morgan fingerprint density at radius 1 is 0.250 bits per heavy atom. The maximum absolute atomic E-state index is 6.51. The molecule has 14 aromatic rings. The van der Waals surface area contributed by atoms with E-state index >= 15 is 0 Å². The molecule has 4 aromatic heterocycles. The van der Waals surface area contributed by atoms with Crippen molar-refractivity contribution < 1.29 is 8.83 Å². The number of hydrogen-bond donors (Lipinski definition) is 0. The van der Waals surface area contributed by atoms with E-state index in [-0.39, 0.29) is 0 Å². The molecule has 0 radical (unpaired) electrons. The quantitative estimate of drug-likeness (QED) is 0.173. The fraction of sp³-hybridized carbons (Fsp3) is 0. The van der Waals surface area contributed by atoms with Gasteiger partial charge in [-0.05, 0) is 95.1 Å². The van der Waals surface area contributed by atoms with Gasteiger partial charge < -0.3 is 18.0 Å². The Morgan fingerprint density at radius 2 is 0.656 bits per heavy atom. The number of nitrogens with zero attached hydrogens (tertiary/aromatic N) is 2. The van der Waals surface area contributed by atoms with Gasteiger partial charge in [-0.25, -0.2) is 0 Å². The summed E-state index contributed by atoms with van der Waals surface area (Å²) < 4.78 is 17.8. The van der Waals surface area contributed by atoms with Crippen molar-refractivity contribution in [1.29, 1.82) is 0 Å². The molecule has 14 rings (SSSR count). The third-order valence-electron chi connectivity index (χ3n) is 13.3. The van der Waals surface area contributed by atoms with Crippen molar-refractivity contribution in [3.05, 3.63) is 218 Å². The van der Waals surface area contributed by atoms with Crippen molar-refractivity contribution in [1.82, 2.24) is 9.13 Å². The third-order valence-corrected chi connectivity index (χ3v) is 13.3. The minimum atomic E-state index is 0.904. The molecule has 0 N–H and O–H groups in total. The first-order chi connectivity index (χ1) is 31.7. The van der Waals surface area contributed by atoms with Crippen LogP contribution in [0.2, 0.25) is 0 Å². The first kappa shape index (κ1) is 35.0. The molecule has 0 amide bonds. The number of furan rings is 2. The van der Waals surface area contributed by atoms with E-state index in [1.807, 2.05) is 24.3 Å². The second kappa shape index (κ2) is 13.4. The minimum absolute atomic E-state index is 0.904. The van der Waals surface area contributed by atoms with Crippen LogP contribution in [-0.4, -0.2) is 9.13 Å². The first-order valence-corrected chi connectivity index (χ1v) is 21.8. The molecule has 0 atom stereocenters. The topological polar surface area (TPSA) is 36.1 Å². The van der Waals surface area contributed by atoms with Gasteiger partial charge in [-0.3, -0.25) is 0 Å². The maximum Gasteiger partial charge on any atom is 0.143 e. The van der Waals surface area contributed by atoms with Crippen LogP contribution < -0.4 is 0 Å². The number of hydrogen-bond acceptors (Lipinski definition) is 2. The number of benzene rings is 10. The monoisotopic (exact) mass is 816 g/mol. The molecule has 10 aromatic carbocycles. The molecular weight excluding hydrogens is 781 g/mol. The Balaban J connectivity index is 0.946. The molecule has 0 aliphatic rings. The summed E-state index contributed by atoms with van der Waals surface area (Å²) in [7, 11) is 0. The fourth-order valence-corrected chi connectivity index (χ4v) is 10.4. The van der Waals surface area contributed by atoms with Gasteiger partial charge in [0.2, 0.25) is 0 Å². The summed E-state index contributed by atoms with van der Waals surface area (Å²) in [4.78, 5) is 0. The second-order valence-corrected chi connectivity index (χ2v) is 16.8. The molecule has 0 fully saturated rings. The molecule has 64 heavy (non-hydrogen) atoms. The van der Waals surface area contributed by atoms with Crippen molar-refractivity contribution in [2.75, 3.05) is 0 Å². The van der Waals surface area contributed by atoms with Crippen LogP contribution in [0, 0.1) is 0 Å². The molecule has 4 nitrogen and oxygen atoms in total. The number of para-hydroxylation sites is 6. The van der Waals surface area contributed by atoms with Crippen LogP contribution in [0.5, 0.6) is 0 Å². The summed E-state index contributed by atoms with van der Waals surface area (Å²) in [6.45, 7) is 0. The van der Waals surface area contributed by atoms with Gasteiger partial charge in [-0.2, -0.15) is 0 Å². The van der Waals surface area contributed by atoms with Crippen LogP contribution in [0.1, 0.15) is 0 Å². The Kier molecular flexibility index (Phi) is 7.36. The van der Waals surface area contributed by atoms with E-state index in [4.69, 9.17) is 8.83 Å². The molecule has 4 heterocycles. The Hall–Kier alpha value is -8.60. The molecule has 0 bridgehead atoms. The van der Waals surface area contributed by atoms with Crippen molar-refractivity contribution >= 4 is 87.5 Å². The van der Waals surface area contributed by atoms with Crippen LogP contribution in [0.15, 0.2) is 227 Å². The van der Waals surface area contributed by atoms with Crippen molar-refractivity contribution in [2.24, 2.45) is 0 Å². The lowest BCUT2D eigenvalue weighted by Crippen LogP contribution is -1.94. The summed E-state index contributed by atoms with van der Waals surface area (Å²) in [5.74, 6) is 0. The lowest BCUT2D eigenvalue weighted by atomic mass is 9.98. The predicted molar refractivity (Wildman–Crippen MR) is 266 cm³/mol. The average molecular weight is 817 g/mol. The van der Waals surface area contributed by atoms with Crippen molar-refractivity contribution in [3.63, 3.8) is 0 Å². The van der Waals surface area contributed by atoms with Gasteiger partial charge in [0.25, 0.3) is 0 Å².